The van der Waals surface area contributed by atoms with Gasteiger partial charge in [0, 0.05) is 12.3 Å². The van der Waals surface area contributed by atoms with Crippen molar-refractivity contribution in [2.75, 3.05) is 7.11 Å². The summed E-state index contributed by atoms with van der Waals surface area (Å²) in [5.41, 5.74) is -0.799. The number of nitrogens with one attached hydrogen (secondary N) is 1. The molecule has 0 saturated carbocycles. The Bertz CT molecular complexity index is 1300. The van der Waals surface area contributed by atoms with Crippen molar-refractivity contribution < 1.29 is 19.2 Å². The van der Waals surface area contributed by atoms with Crippen molar-refractivity contribution in [1.29, 1.82) is 0 Å². The molecule has 0 fully saturated rings. The first-order chi connectivity index (χ1) is 14.2. The lowest BCUT2D eigenvalue weighted by Crippen LogP contribution is -2.18. The maximum Gasteiger partial charge on any atom is 0.273 e. The van der Waals surface area contributed by atoms with Gasteiger partial charge in [0.05, 0.1) is 28.8 Å². The highest BCUT2D eigenvalue weighted by atomic mass is 35.5. The van der Waals surface area contributed by atoms with E-state index < -0.39 is 22.2 Å². The van der Waals surface area contributed by atoms with Crippen LogP contribution in [0.5, 0.6) is 11.6 Å². The minimum Gasteiger partial charge on any atom is -0.494 e. The Morgan fingerprint density at radius 3 is 2.73 bits per heavy atom. The van der Waals surface area contributed by atoms with Gasteiger partial charge in [-0.25, -0.2) is 4.39 Å². The van der Waals surface area contributed by atoms with Crippen molar-refractivity contribution in [2.45, 2.75) is 0 Å². The molecule has 0 unspecified atom stereocenters. The average Bonchev–Trinajstić information content (AvgIpc) is 2.70. The molecule has 0 aliphatic heterocycles. The largest absolute Gasteiger partial charge is 0.494 e. The predicted molar refractivity (Wildman–Crippen MR) is 111 cm³/mol. The van der Waals surface area contributed by atoms with Crippen LogP contribution in [0.1, 0.15) is 5.56 Å². The molecule has 30 heavy (non-hydrogen) atoms. The number of methoxy groups -OCH3 is 1. The first-order valence-corrected chi connectivity index (χ1v) is 8.91. The zero-order valence-corrected chi connectivity index (χ0v) is 16.7. The molecule has 0 amide bonds. The van der Waals surface area contributed by atoms with E-state index in [1.807, 2.05) is 0 Å². The Morgan fingerprint density at radius 2 is 2.10 bits per heavy atom. The maximum absolute atomic E-state index is 13.5. The number of aliphatic imine (C=N–C) groups is 1. The van der Waals surface area contributed by atoms with Crippen LogP contribution >= 0.6 is 23.8 Å². The molecule has 2 aromatic carbocycles. The van der Waals surface area contributed by atoms with Crippen LogP contribution in [0.3, 0.4) is 0 Å². The number of hydrogen-bond acceptors (Lipinski definition) is 7. The van der Waals surface area contributed by atoms with E-state index in [4.69, 9.17) is 28.6 Å². The molecular weight excluding hydrogens is 439 g/mol. The Kier molecular flexibility index (Phi) is 5.94. The van der Waals surface area contributed by atoms with E-state index in [0.29, 0.717) is 0 Å². The molecule has 3 rings (SSSR count). The van der Waals surface area contributed by atoms with Gasteiger partial charge < -0.3 is 9.84 Å². The summed E-state index contributed by atoms with van der Waals surface area (Å²) < 4.78 is 19.5. The first-order valence-electron chi connectivity index (χ1n) is 8.13. The minimum absolute atomic E-state index is 0.0921. The Balaban J connectivity index is 2.12. The van der Waals surface area contributed by atoms with Crippen LogP contribution in [-0.2, 0) is 0 Å². The van der Waals surface area contributed by atoms with Crippen molar-refractivity contribution in [3.8, 4) is 17.3 Å². The second-order valence-electron chi connectivity index (χ2n) is 5.80. The lowest BCUT2D eigenvalue weighted by molar-refractivity contribution is -0.384. The van der Waals surface area contributed by atoms with Gasteiger partial charge in [0.2, 0.25) is 5.88 Å². The zero-order chi connectivity index (χ0) is 22.0. The summed E-state index contributed by atoms with van der Waals surface area (Å²) in [5, 5.41) is 21.3. The number of benzene rings is 2. The van der Waals surface area contributed by atoms with Crippen molar-refractivity contribution in [3.63, 3.8) is 0 Å². The van der Waals surface area contributed by atoms with Crippen molar-refractivity contribution >= 4 is 41.4 Å². The third-order valence-corrected chi connectivity index (χ3v) is 4.56. The number of ether oxygens (including phenoxy) is 1. The van der Waals surface area contributed by atoms with Crippen LogP contribution in [0, 0.1) is 20.7 Å². The third-order valence-electron chi connectivity index (χ3n) is 3.99. The molecule has 0 spiro atoms. The summed E-state index contributed by atoms with van der Waals surface area (Å²) in [6.07, 6.45) is 1.05. The molecule has 9 nitrogen and oxygen atoms in total. The second kappa shape index (κ2) is 8.43. The molecule has 0 saturated heterocycles. The van der Waals surface area contributed by atoms with Gasteiger partial charge in [-0.15, -0.1) is 0 Å². The van der Waals surface area contributed by atoms with E-state index in [-0.39, 0.29) is 38.2 Å². The zero-order valence-electron chi connectivity index (χ0n) is 15.1. The third kappa shape index (κ3) is 4.07. The number of aromatic nitrogens is 2. The smallest absolute Gasteiger partial charge is 0.273 e. The summed E-state index contributed by atoms with van der Waals surface area (Å²) in [4.78, 5) is 29.0. The molecule has 154 valence electrons. The number of hydrogen-bond donors (Lipinski definition) is 2. The van der Waals surface area contributed by atoms with Crippen molar-refractivity contribution in [3.05, 3.63) is 78.0 Å². The molecular formula is C18H12ClFN4O5S. The van der Waals surface area contributed by atoms with Gasteiger partial charge in [-0.1, -0.05) is 11.6 Å². The van der Waals surface area contributed by atoms with E-state index in [2.05, 4.69) is 9.98 Å². The Morgan fingerprint density at radius 1 is 1.37 bits per heavy atom. The first kappa shape index (κ1) is 21.1. The second-order valence-corrected chi connectivity index (χ2v) is 6.60. The molecule has 0 atom stereocenters. The molecule has 0 aliphatic rings. The van der Waals surface area contributed by atoms with Crippen LogP contribution < -0.4 is 10.3 Å². The maximum atomic E-state index is 13.5. The van der Waals surface area contributed by atoms with Crippen LogP contribution in [0.4, 0.5) is 15.8 Å². The highest BCUT2D eigenvalue weighted by Crippen LogP contribution is 2.31. The molecule has 0 aliphatic carbocycles. The van der Waals surface area contributed by atoms with Crippen LogP contribution in [0.25, 0.3) is 5.69 Å². The van der Waals surface area contributed by atoms with E-state index in [0.717, 1.165) is 16.8 Å². The topological polar surface area (TPSA) is 123 Å². The van der Waals surface area contributed by atoms with Gasteiger partial charge in [0.1, 0.15) is 17.1 Å². The van der Waals surface area contributed by atoms with Gasteiger partial charge in [0.25, 0.3) is 11.2 Å². The van der Waals surface area contributed by atoms with Gasteiger partial charge in [-0.3, -0.25) is 29.5 Å². The van der Waals surface area contributed by atoms with Crippen molar-refractivity contribution in [2.24, 2.45) is 4.99 Å². The summed E-state index contributed by atoms with van der Waals surface area (Å²) >= 11 is 10.9. The number of non-ortho nitro benzene ring substituents is 1. The number of nitro benzene ring substituents is 1. The molecule has 2 N–H and O–H groups in total. The number of halogens is 2. The fraction of sp³-hybridized carbons (Fsp3) is 0.0556. The van der Waals surface area contributed by atoms with E-state index in [1.165, 1.54) is 37.4 Å². The standard InChI is InChI=1S/C18H12ClFN4O5S/c1-29-15-7-10(24(27)28)3-5-14(15)21-8-11-16(25)22-18(30)23(17(11)26)9-2-4-13(20)12(19)6-9/h2-8,26H,1H3,(H,22,25,30). The van der Waals surface area contributed by atoms with E-state index in [9.17, 15) is 24.4 Å². The van der Waals surface area contributed by atoms with Crippen LogP contribution in [-0.4, -0.2) is 32.9 Å². The highest BCUT2D eigenvalue weighted by Gasteiger charge is 2.15. The highest BCUT2D eigenvalue weighted by molar-refractivity contribution is 7.71. The van der Waals surface area contributed by atoms with Crippen molar-refractivity contribution in [1.82, 2.24) is 9.55 Å². The SMILES string of the molecule is COc1cc([N+](=O)[O-])ccc1N=Cc1c(O)n(-c2ccc(F)c(Cl)c2)c(=S)[nH]c1=O. The fourth-order valence-corrected chi connectivity index (χ4v) is 3.00. The number of H-pyrrole nitrogens is 1. The summed E-state index contributed by atoms with van der Waals surface area (Å²) in [6.45, 7) is 0. The molecule has 0 radical (unpaired) electrons. The molecule has 12 heteroatoms. The Labute approximate surface area is 177 Å². The fourth-order valence-electron chi connectivity index (χ4n) is 2.54. The average molecular weight is 451 g/mol. The lowest BCUT2D eigenvalue weighted by Gasteiger charge is -2.11. The summed E-state index contributed by atoms with van der Waals surface area (Å²) in [5.74, 6) is -1.13. The number of nitro groups is 1. The normalized spacial score (nSPS) is 11.0. The Hall–Kier alpha value is -3.57. The lowest BCUT2D eigenvalue weighted by atomic mass is 10.2. The monoisotopic (exact) mass is 450 g/mol. The van der Waals surface area contributed by atoms with Gasteiger partial charge in [0.15, 0.2) is 10.5 Å². The number of rotatable bonds is 5. The van der Waals surface area contributed by atoms with Crippen LogP contribution in [0.15, 0.2) is 46.2 Å². The summed E-state index contributed by atoms with van der Waals surface area (Å²) in [6, 6.07) is 7.34. The predicted octanol–water partition coefficient (Wildman–Crippen LogP) is 4.06. The van der Waals surface area contributed by atoms with Crippen LogP contribution in [0.2, 0.25) is 5.02 Å². The number of aromatic amines is 1. The van der Waals surface area contributed by atoms with Gasteiger partial charge in [-0.05, 0) is 36.5 Å². The van der Waals surface area contributed by atoms with E-state index >= 15 is 0 Å². The van der Waals surface area contributed by atoms with E-state index in [1.54, 1.807) is 0 Å². The summed E-state index contributed by atoms with van der Waals surface area (Å²) in [7, 11) is 1.31. The van der Waals surface area contributed by atoms with Gasteiger partial charge >= 0.3 is 0 Å². The number of aromatic hydroxyl groups is 1. The minimum atomic E-state index is -0.730. The van der Waals surface area contributed by atoms with Gasteiger partial charge in [-0.2, -0.15) is 0 Å². The molecule has 0 bridgehead atoms. The quantitative estimate of drug-likeness (QED) is 0.261. The molecule has 3 aromatic rings. The molecule has 1 heterocycles. The number of nitrogens with zero attached hydrogens (tertiary/aromatic N) is 3. The molecule has 1 aromatic heterocycles.